The fourth-order valence-electron chi connectivity index (χ4n) is 2.79. The van der Waals surface area contributed by atoms with Gasteiger partial charge in [0.15, 0.2) is 0 Å². The maximum atomic E-state index is 12.5. The van der Waals surface area contributed by atoms with Crippen molar-refractivity contribution in [3.8, 4) is 0 Å². The SMILES string of the molecule is CN(C)CCS(=O)(=O)N(C)C1CCCN(c2ccccc2)C1. The van der Waals surface area contributed by atoms with Gasteiger partial charge in [0.1, 0.15) is 0 Å². The molecule has 0 saturated carbocycles. The number of sulfonamides is 1. The Morgan fingerprint density at radius 1 is 1.18 bits per heavy atom. The fourth-order valence-corrected chi connectivity index (χ4v) is 4.30. The molecular weight excluding hydrogens is 298 g/mol. The molecule has 0 aliphatic carbocycles. The van der Waals surface area contributed by atoms with E-state index < -0.39 is 10.0 Å². The Morgan fingerprint density at radius 3 is 2.50 bits per heavy atom. The monoisotopic (exact) mass is 325 g/mol. The van der Waals surface area contributed by atoms with Gasteiger partial charge in [0, 0.05) is 38.4 Å². The molecule has 0 bridgehead atoms. The van der Waals surface area contributed by atoms with Crippen LogP contribution in [0, 0.1) is 0 Å². The lowest BCUT2D eigenvalue weighted by atomic mass is 10.1. The molecule has 1 aliphatic heterocycles. The summed E-state index contributed by atoms with van der Waals surface area (Å²) in [6.07, 6.45) is 1.95. The second-order valence-electron chi connectivity index (χ2n) is 6.21. The smallest absolute Gasteiger partial charge is 0.215 e. The van der Waals surface area contributed by atoms with Gasteiger partial charge in [-0.25, -0.2) is 12.7 Å². The van der Waals surface area contributed by atoms with E-state index in [1.807, 2.05) is 37.2 Å². The maximum Gasteiger partial charge on any atom is 0.215 e. The zero-order valence-electron chi connectivity index (χ0n) is 13.8. The van der Waals surface area contributed by atoms with Gasteiger partial charge in [-0.3, -0.25) is 0 Å². The second kappa shape index (κ2) is 7.44. The largest absolute Gasteiger partial charge is 0.370 e. The van der Waals surface area contributed by atoms with Crippen LogP contribution in [0.3, 0.4) is 0 Å². The molecule has 0 N–H and O–H groups in total. The Morgan fingerprint density at radius 2 is 1.86 bits per heavy atom. The van der Waals surface area contributed by atoms with Crippen LogP contribution in [-0.4, -0.2) is 70.2 Å². The van der Waals surface area contributed by atoms with Gasteiger partial charge >= 0.3 is 0 Å². The van der Waals surface area contributed by atoms with Crippen LogP contribution in [0.5, 0.6) is 0 Å². The first-order valence-corrected chi connectivity index (χ1v) is 9.41. The molecule has 1 saturated heterocycles. The number of benzene rings is 1. The molecule has 0 spiro atoms. The third kappa shape index (κ3) is 4.44. The molecular formula is C16H27N3O2S. The Labute approximate surface area is 134 Å². The van der Waals surface area contributed by atoms with E-state index in [1.54, 1.807) is 11.4 Å². The van der Waals surface area contributed by atoms with Gasteiger partial charge in [-0.2, -0.15) is 0 Å². The predicted molar refractivity (Wildman–Crippen MR) is 91.8 cm³/mol. The Kier molecular flexibility index (Phi) is 5.83. The van der Waals surface area contributed by atoms with E-state index in [1.165, 1.54) is 5.69 Å². The lowest BCUT2D eigenvalue weighted by Crippen LogP contribution is -2.49. The standard InChI is InChI=1S/C16H27N3O2S/c1-17(2)12-13-22(20,21)18(3)16-10-7-11-19(14-16)15-8-5-4-6-9-15/h4-6,8-9,16H,7,10-14H2,1-3H3. The summed E-state index contributed by atoms with van der Waals surface area (Å²) in [4.78, 5) is 4.19. The van der Waals surface area contributed by atoms with Crippen LogP contribution in [0.25, 0.3) is 0 Å². The van der Waals surface area contributed by atoms with Crippen molar-refractivity contribution in [2.75, 3.05) is 51.4 Å². The van der Waals surface area contributed by atoms with Crippen molar-refractivity contribution in [1.29, 1.82) is 0 Å². The highest BCUT2D eigenvalue weighted by atomic mass is 32.2. The van der Waals surface area contributed by atoms with E-state index in [-0.39, 0.29) is 11.8 Å². The van der Waals surface area contributed by atoms with E-state index in [4.69, 9.17) is 0 Å². The van der Waals surface area contributed by atoms with E-state index >= 15 is 0 Å². The van der Waals surface area contributed by atoms with E-state index in [0.29, 0.717) is 6.54 Å². The van der Waals surface area contributed by atoms with Crippen molar-refractivity contribution < 1.29 is 8.42 Å². The van der Waals surface area contributed by atoms with Crippen molar-refractivity contribution in [3.63, 3.8) is 0 Å². The number of hydrogen-bond donors (Lipinski definition) is 0. The maximum absolute atomic E-state index is 12.5. The molecule has 5 nitrogen and oxygen atoms in total. The highest BCUT2D eigenvalue weighted by Gasteiger charge is 2.30. The third-order valence-electron chi connectivity index (χ3n) is 4.27. The Balaban J connectivity index is 2.02. The molecule has 124 valence electrons. The lowest BCUT2D eigenvalue weighted by molar-refractivity contribution is 0.317. The molecule has 1 unspecified atom stereocenters. The summed E-state index contributed by atoms with van der Waals surface area (Å²) in [5.41, 5.74) is 1.17. The lowest BCUT2D eigenvalue weighted by Gasteiger charge is -2.38. The summed E-state index contributed by atoms with van der Waals surface area (Å²) >= 11 is 0. The van der Waals surface area contributed by atoms with Crippen LogP contribution in [0.2, 0.25) is 0 Å². The predicted octanol–water partition coefficient (Wildman–Crippen LogP) is 1.48. The molecule has 0 aromatic heterocycles. The van der Waals surface area contributed by atoms with E-state index in [0.717, 1.165) is 25.9 Å². The van der Waals surface area contributed by atoms with Crippen LogP contribution in [0.15, 0.2) is 30.3 Å². The van der Waals surface area contributed by atoms with Gasteiger partial charge in [0.2, 0.25) is 10.0 Å². The molecule has 1 fully saturated rings. The summed E-state index contributed by atoms with van der Waals surface area (Å²) in [5.74, 6) is 0.179. The average Bonchev–Trinajstić information content (AvgIpc) is 2.53. The first-order chi connectivity index (χ1) is 10.4. The molecule has 0 amide bonds. The highest BCUT2D eigenvalue weighted by Crippen LogP contribution is 2.23. The molecule has 22 heavy (non-hydrogen) atoms. The third-order valence-corrected chi connectivity index (χ3v) is 6.14. The van der Waals surface area contributed by atoms with Crippen LogP contribution in [-0.2, 0) is 10.0 Å². The van der Waals surface area contributed by atoms with Crippen LogP contribution in [0.1, 0.15) is 12.8 Å². The molecule has 1 heterocycles. The van der Waals surface area contributed by atoms with Crippen molar-refractivity contribution >= 4 is 15.7 Å². The minimum atomic E-state index is -3.20. The van der Waals surface area contributed by atoms with Gasteiger partial charge < -0.3 is 9.80 Å². The quantitative estimate of drug-likeness (QED) is 0.795. The summed E-state index contributed by atoms with van der Waals surface area (Å²) in [6.45, 7) is 2.32. The molecule has 2 rings (SSSR count). The molecule has 1 aromatic rings. The first-order valence-electron chi connectivity index (χ1n) is 7.80. The normalized spacial score (nSPS) is 19.9. The molecule has 1 aromatic carbocycles. The summed E-state index contributed by atoms with van der Waals surface area (Å²) < 4.78 is 26.5. The molecule has 0 radical (unpaired) electrons. The van der Waals surface area contributed by atoms with Gasteiger partial charge in [0.25, 0.3) is 0 Å². The zero-order chi connectivity index (χ0) is 16.2. The molecule has 1 atom stereocenters. The Hall–Kier alpha value is -1.11. The number of nitrogens with zero attached hydrogens (tertiary/aromatic N) is 3. The van der Waals surface area contributed by atoms with Gasteiger partial charge in [0.05, 0.1) is 5.75 Å². The zero-order valence-corrected chi connectivity index (χ0v) is 14.6. The van der Waals surface area contributed by atoms with Crippen LogP contribution < -0.4 is 4.90 Å². The average molecular weight is 325 g/mol. The number of para-hydroxylation sites is 1. The van der Waals surface area contributed by atoms with Gasteiger partial charge in [-0.15, -0.1) is 0 Å². The van der Waals surface area contributed by atoms with Crippen molar-refractivity contribution in [3.05, 3.63) is 30.3 Å². The fraction of sp³-hybridized carbons (Fsp3) is 0.625. The van der Waals surface area contributed by atoms with E-state index in [9.17, 15) is 8.42 Å². The van der Waals surface area contributed by atoms with E-state index in [2.05, 4.69) is 17.0 Å². The number of anilines is 1. The van der Waals surface area contributed by atoms with Gasteiger partial charge in [-0.1, -0.05) is 18.2 Å². The number of hydrogen-bond acceptors (Lipinski definition) is 4. The first kappa shape index (κ1) is 17.2. The minimum Gasteiger partial charge on any atom is -0.370 e. The summed E-state index contributed by atoms with van der Waals surface area (Å²) in [6, 6.07) is 10.3. The number of likely N-dealkylation sites (N-methyl/N-ethyl adjacent to an activating group) is 1. The molecule has 1 aliphatic rings. The minimum absolute atomic E-state index is 0.0566. The van der Waals surface area contributed by atoms with Crippen LogP contribution in [0.4, 0.5) is 5.69 Å². The van der Waals surface area contributed by atoms with Crippen LogP contribution >= 0.6 is 0 Å². The number of piperidine rings is 1. The topological polar surface area (TPSA) is 43.9 Å². The summed E-state index contributed by atoms with van der Waals surface area (Å²) in [7, 11) is 2.32. The van der Waals surface area contributed by atoms with Crippen molar-refractivity contribution in [2.45, 2.75) is 18.9 Å². The van der Waals surface area contributed by atoms with Crippen molar-refractivity contribution in [1.82, 2.24) is 9.21 Å². The highest BCUT2D eigenvalue weighted by molar-refractivity contribution is 7.89. The molecule has 6 heteroatoms. The van der Waals surface area contributed by atoms with Crippen molar-refractivity contribution in [2.24, 2.45) is 0 Å². The van der Waals surface area contributed by atoms with Gasteiger partial charge in [-0.05, 0) is 39.1 Å². The summed E-state index contributed by atoms with van der Waals surface area (Å²) in [5, 5.41) is 0. The second-order valence-corrected chi connectivity index (χ2v) is 8.36. The number of rotatable bonds is 6. The Bertz CT molecular complexity index is 560.